The molecule has 2 rings (SSSR count). The van der Waals surface area contributed by atoms with Crippen molar-refractivity contribution in [2.75, 3.05) is 26.7 Å². The summed E-state index contributed by atoms with van der Waals surface area (Å²) in [6, 6.07) is 3.76. The molecule has 1 N–H and O–H groups in total. The summed E-state index contributed by atoms with van der Waals surface area (Å²) in [5.41, 5.74) is 1.78. The highest BCUT2D eigenvalue weighted by molar-refractivity contribution is 5.78. The van der Waals surface area contributed by atoms with Crippen molar-refractivity contribution in [2.24, 2.45) is 0 Å². The minimum Gasteiger partial charge on any atom is -0.497 e. The fourth-order valence-electron chi connectivity index (χ4n) is 1.91. The maximum atomic E-state index is 11.6. The molecule has 0 atom stereocenters. The molecule has 1 aliphatic rings. The Hall–Kier alpha value is -1.62. The molecule has 5 heteroatoms. The number of carbonyl (C=O) groups is 1. The van der Waals surface area contributed by atoms with Crippen molar-refractivity contribution in [3.63, 3.8) is 0 Å². The van der Waals surface area contributed by atoms with E-state index in [1.807, 2.05) is 24.0 Å². The van der Waals surface area contributed by atoms with Crippen molar-refractivity contribution in [3.05, 3.63) is 23.5 Å². The summed E-state index contributed by atoms with van der Waals surface area (Å²) in [6.45, 7) is 4.47. The number of hydrogen-bond acceptors (Lipinski definition) is 4. The van der Waals surface area contributed by atoms with Gasteiger partial charge >= 0.3 is 0 Å². The van der Waals surface area contributed by atoms with Crippen molar-refractivity contribution >= 4 is 5.91 Å². The van der Waals surface area contributed by atoms with E-state index < -0.39 is 0 Å². The lowest BCUT2D eigenvalue weighted by atomic mass is 10.2. The third kappa shape index (κ3) is 2.94. The molecule has 0 radical (unpaired) electrons. The lowest BCUT2D eigenvalue weighted by molar-refractivity contribution is -0.132. The van der Waals surface area contributed by atoms with Crippen molar-refractivity contribution in [2.45, 2.75) is 13.5 Å². The molecule has 0 aliphatic carbocycles. The first-order valence-electron chi connectivity index (χ1n) is 5.69. The van der Waals surface area contributed by atoms with Gasteiger partial charge in [0.05, 0.1) is 25.9 Å². The highest BCUT2D eigenvalue weighted by atomic mass is 16.5. The summed E-state index contributed by atoms with van der Waals surface area (Å²) in [5.74, 6) is 0.911. The highest BCUT2D eigenvalue weighted by Gasteiger charge is 2.18. The number of nitrogens with zero attached hydrogens (tertiary/aromatic N) is 2. The quantitative estimate of drug-likeness (QED) is 0.820. The van der Waals surface area contributed by atoms with Gasteiger partial charge in [0.2, 0.25) is 5.91 Å². The molecule has 1 aliphatic heterocycles. The molecule has 1 aromatic rings. The Morgan fingerprint density at radius 2 is 2.35 bits per heavy atom. The van der Waals surface area contributed by atoms with Crippen molar-refractivity contribution in [3.8, 4) is 5.75 Å². The second kappa shape index (κ2) is 5.14. The zero-order valence-corrected chi connectivity index (χ0v) is 10.2. The van der Waals surface area contributed by atoms with E-state index >= 15 is 0 Å². The average molecular weight is 235 g/mol. The van der Waals surface area contributed by atoms with E-state index in [0.717, 1.165) is 30.2 Å². The second-order valence-corrected chi connectivity index (χ2v) is 4.13. The average Bonchev–Trinajstić information content (AvgIpc) is 2.31. The number of hydrogen-bond donors (Lipinski definition) is 1. The van der Waals surface area contributed by atoms with E-state index in [1.54, 1.807) is 7.11 Å². The van der Waals surface area contributed by atoms with Gasteiger partial charge in [-0.2, -0.15) is 0 Å². The van der Waals surface area contributed by atoms with Gasteiger partial charge in [0.15, 0.2) is 0 Å². The fraction of sp³-hybridized carbons (Fsp3) is 0.500. The van der Waals surface area contributed by atoms with Crippen molar-refractivity contribution in [1.82, 2.24) is 15.2 Å². The van der Waals surface area contributed by atoms with E-state index in [1.165, 1.54) is 0 Å². The SMILES string of the molecule is COc1cc(C)nc(CN2CCNCC2=O)c1. The summed E-state index contributed by atoms with van der Waals surface area (Å²) in [6.07, 6.45) is 0. The maximum Gasteiger partial charge on any atom is 0.236 e. The zero-order chi connectivity index (χ0) is 12.3. The predicted molar refractivity (Wildman–Crippen MR) is 63.8 cm³/mol. The first-order chi connectivity index (χ1) is 8.19. The van der Waals surface area contributed by atoms with Gasteiger partial charge in [-0.25, -0.2) is 0 Å². The number of piperazine rings is 1. The van der Waals surface area contributed by atoms with E-state index in [4.69, 9.17) is 4.74 Å². The van der Waals surface area contributed by atoms with Crippen LogP contribution < -0.4 is 10.1 Å². The number of nitrogens with one attached hydrogen (secondary N) is 1. The van der Waals surface area contributed by atoms with Gasteiger partial charge in [-0.1, -0.05) is 0 Å². The molecule has 0 spiro atoms. The van der Waals surface area contributed by atoms with Crippen LogP contribution in [0.25, 0.3) is 0 Å². The van der Waals surface area contributed by atoms with Crippen LogP contribution in [0.5, 0.6) is 5.75 Å². The van der Waals surface area contributed by atoms with E-state index in [-0.39, 0.29) is 5.91 Å². The first kappa shape index (κ1) is 11.9. The van der Waals surface area contributed by atoms with Crippen LogP contribution in [0.1, 0.15) is 11.4 Å². The van der Waals surface area contributed by atoms with Crippen LogP contribution in [0.3, 0.4) is 0 Å². The molecule has 1 fully saturated rings. The smallest absolute Gasteiger partial charge is 0.236 e. The number of methoxy groups -OCH3 is 1. The van der Waals surface area contributed by atoms with Gasteiger partial charge in [0, 0.05) is 30.9 Å². The molecule has 0 bridgehead atoms. The fourth-order valence-corrected chi connectivity index (χ4v) is 1.91. The maximum absolute atomic E-state index is 11.6. The van der Waals surface area contributed by atoms with Crippen molar-refractivity contribution in [1.29, 1.82) is 0 Å². The number of carbonyl (C=O) groups excluding carboxylic acids is 1. The number of ether oxygens (including phenoxy) is 1. The molecule has 1 aromatic heterocycles. The lowest BCUT2D eigenvalue weighted by Crippen LogP contribution is -2.47. The van der Waals surface area contributed by atoms with E-state index in [2.05, 4.69) is 10.3 Å². The molecule has 0 saturated carbocycles. The molecule has 5 nitrogen and oxygen atoms in total. The monoisotopic (exact) mass is 235 g/mol. The molecule has 0 aromatic carbocycles. The summed E-state index contributed by atoms with van der Waals surface area (Å²) in [4.78, 5) is 17.9. The van der Waals surface area contributed by atoms with Crippen LogP contribution in [-0.4, -0.2) is 42.5 Å². The molecule has 17 heavy (non-hydrogen) atoms. The van der Waals surface area contributed by atoms with E-state index in [9.17, 15) is 4.79 Å². The molecule has 0 unspecified atom stereocenters. The number of aromatic nitrogens is 1. The Bertz CT molecular complexity index is 420. The normalized spacial score (nSPS) is 16.1. The molecular weight excluding hydrogens is 218 g/mol. The Kier molecular flexibility index (Phi) is 3.58. The van der Waals surface area contributed by atoms with Gasteiger partial charge in [-0.3, -0.25) is 9.78 Å². The molecule has 1 amide bonds. The summed E-state index contributed by atoms with van der Waals surface area (Å²) < 4.78 is 5.20. The largest absolute Gasteiger partial charge is 0.497 e. The Labute approximate surface area is 101 Å². The standard InChI is InChI=1S/C12H17N3O2/c1-9-5-11(17-2)6-10(14-9)8-15-4-3-13-7-12(15)16/h5-6,13H,3-4,7-8H2,1-2H3. The van der Waals surface area contributed by atoms with Gasteiger partial charge in [0.1, 0.15) is 5.75 Å². The lowest BCUT2D eigenvalue weighted by Gasteiger charge is -2.27. The first-order valence-corrected chi connectivity index (χ1v) is 5.69. The van der Waals surface area contributed by atoms with Gasteiger partial charge in [-0.05, 0) is 6.92 Å². The topological polar surface area (TPSA) is 54.5 Å². The Balaban J connectivity index is 2.11. The summed E-state index contributed by atoms with van der Waals surface area (Å²) in [7, 11) is 1.63. The van der Waals surface area contributed by atoms with Crippen molar-refractivity contribution < 1.29 is 9.53 Å². The van der Waals surface area contributed by atoms with Gasteiger partial charge in [0.25, 0.3) is 0 Å². The van der Waals surface area contributed by atoms with Crippen LogP contribution >= 0.6 is 0 Å². The third-order valence-corrected chi connectivity index (χ3v) is 2.76. The van der Waals surface area contributed by atoms with Crippen LogP contribution in [0.4, 0.5) is 0 Å². The number of aryl methyl sites for hydroxylation is 1. The number of pyridine rings is 1. The molecule has 2 heterocycles. The van der Waals surface area contributed by atoms with Gasteiger partial charge < -0.3 is 15.0 Å². The van der Waals surface area contributed by atoms with Crippen LogP contribution in [-0.2, 0) is 11.3 Å². The second-order valence-electron chi connectivity index (χ2n) is 4.13. The minimum absolute atomic E-state index is 0.124. The number of rotatable bonds is 3. The Morgan fingerprint density at radius 3 is 3.06 bits per heavy atom. The number of amides is 1. The van der Waals surface area contributed by atoms with Crippen LogP contribution in [0.15, 0.2) is 12.1 Å². The summed E-state index contributed by atoms with van der Waals surface area (Å²) in [5, 5.41) is 3.05. The third-order valence-electron chi connectivity index (χ3n) is 2.76. The van der Waals surface area contributed by atoms with E-state index in [0.29, 0.717) is 13.1 Å². The Morgan fingerprint density at radius 1 is 1.53 bits per heavy atom. The predicted octanol–water partition coefficient (Wildman–Crippen LogP) is 0.330. The van der Waals surface area contributed by atoms with Gasteiger partial charge in [-0.15, -0.1) is 0 Å². The van der Waals surface area contributed by atoms with Crippen LogP contribution in [0, 0.1) is 6.92 Å². The molecule has 92 valence electrons. The zero-order valence-electron chi connectivity index (χ0n) is 10.2. The molecular formula is C12H17N3O2. The minimum atomic E-state index is 0.124. The molecule has 1 saturated heterocycles. The summed E-state index contributed by atoms with van der Waals surface area (Å²) >= 11 is 0. The highest BCUT2D eigenvalue weighted by Crippen LogP contribution is 2.15. The van der Waals surface area contributed by atoms with Crippen LogP contribution in [0.2, 0.25) is 0 Å².